The number of rotatable bonds is 6. The van der Waals surface area contributed by atoms with Crippen molar-refractivity contribution in [3.63, 3.8) is 0 Å². The van der Waals surface area contributed by atoms with E-state index in [1.54, 1.807) is 19.2 Å². The first kappa shape index (κ1) is 19.3. The van der Waals surface area contributed by atoms with Crippen molar-refractivity contribution in [1.82, 2.24) is 14.8 Å². The quantitative estimate of drug-likeness (QED) is 0.701. The highest BCUT2D eigenvalue weighted by atomic mass is 16.5. The summed E-state index contributed by atoms with van der Waals surface area (Å²) in [5, 5.41) is 3.14. The number of hydrogen-bond donors (Lipinski definition) is 1. The van der Waals surface area contributed by atoms with E-state index in [2.05, 4.69) is 64.4 Å². The summed E-state index contributed by atoms with van der Waals surface area (Å²) in [5.74, 6) is 0.680. The van der Waals surface area contributed by atoms with Gasteiger partial charge in [0, 0.05) is 44.1 Å². The Balaban J connectivity index is 1.51. The summed E-state index contributed by atoms with van der Waals surface area (Å²) in [4.78, 5) is 15.2. The van der Waals surface area contributed by atoms with Gasteiger partial charge in [-0.2, -0.15) is 0 Å². The SMILES string of the molecule is COc1ccc(C(=O)NC[C@H](c2cccn2C)N2CCc3ccccc3C2)cc1. The molecule has 29 heavy (non-hydrogen) atoms. The van der Waals surface area contributed by atoms with Crippen molar-refractivity contribution in [3.05, 3.63) is 89.2 Å². The number of amides is 1. The number of methoxy groups -OCH3 is 1. The minimum atomic E-state index is -0.0655. The molecule has 0 bridgehead atoms. The first-order valence-corrected chi connectivity index (χ1v) is 10.00. The summed E-state index contributed by atoms with van der Waals surface area (Å²) in [6, 6.07) is 20.2. The molecule has 0 saturated heterocycles. The van der Waals surface area contributed by atoms with Gasteiger partial charge in [0.05, 0.1) is 13.2 Å². The molecular formula is C24H27N3O2. The number of carbonyl (C=O) groups is 1. The summed E-state index contributed by atoms with van der Waals surface area (Å²) in [5.41, 5.74) is 4.65. The van der Waals surface area contributed by atoms with Crippen molar-refractivity contribution in [3.8, 4) is 5.75 Å². The lowest BCUT2D eigenvalue weighted by molar-refractivity contribution is 0.0925. The average Bonchev–Trinajstić information content (AvgIpc) is 3.19. The Morgan fingerprint density at radius 2 is 1.83 bits per heavy atom. The molecule has 0 fully saturated rings. The Labute approximate surface area is 171 Å². The summed E-state index contributed by atoms with van der Waals surface area (Å²) < 4.78 is 7.32. The number of aryl methyl sites for hydroxylation is 1. The van der Waals surface area contributed by atoms with Crippen LogP contribution in [0.15, 0.2) is 66.9 Å². The molecule has 1 amide bonds. The maximum absolute atomic E-state index is 12.7. The highest BCUT2D eigenvalue weighted by Crippen LogP contribution is 2.27. The second-order valence-electron chi connectivity index (χ2n) is 7.49. The second-order valence-corrected chi connectivity index (χ2v) is 7.49. The minimum Gasteiger partial charge on any atom is -0.497 e. The standard InChI is InChI=1S/C24H27N3O2/c1-26-14-5-8-22(26)23(27-15-13-18-6-3-4-7-20(18)17-27)16-25-24(28)19-9-11-21(29-2)12-10-19/h3-12,14,23H,13,15-17H2,1-2H3,(H,25,28)/t23-/m1/s1. The van der Waals surface area contributed by atoms with E-state index in [0.29, 0.717) is 12.1 Å². The monoisotopic (exact) mass is 389 g/mol. The Bertz CT molecular complexity index is 978. The molecule has 1 aliphatic heterocycles. The van der Waals surface area contributed by atoms with Gasteiger partial charge >= 0.3 is 0 Å². The van der Waals surface area contributed by atoms with Crippen LogP contribution in [0, 0.1) is 0 Å². The molecule has 0 saturated carbocycles. The molecule has 0 unspecified atom stereocenters. The lowest BCUT2D eigenvalue weighted by Gasteiger charge is -2.36. The molecule has 0 spiro atoms. The van der Waals surface area contributed by atoms with Crippen LogP contribution >= 0.6 is 0 Å². The van der Waals surface area contributed by atoms with Crippen molar-refractivity contribution >= 4 is 5.91 Å². The van der Waals surface area contributed by atoms with Gasteiger partial charge in [-0.3, -0.25) is 9.69 Å². The van der Waals surface area contributed by atoms with E-state index in [1.807, 2.05) is 12.1 Å². The third kappa shape index (κ3) is 4.20. The zero-order valence-electron chi connectivity index (χ0n) is 17.0. The summed E-state index contributed by atoms with van der Waals surface area (Å²) in [6.07, 6.45) is 3.09. The van der Waals surface area contributed by atoms with Gasteiger partial charge in [0.15, 0.2) is 0 Å². The predicted octanol–water partition coefficient (Wildman–Crippen LogP) is 3.56. The maximum Gasteiger partial charge on any atom is 0.251 e. The fourth-order valence-corrected chi connectivity index (χ4v) is 4.06. The highest BCUT2D eigenvalue weighted by Gasteiger charge is 2.26. The van der Waals surface area contributed by atoms with Gasteiger partial charge in [0.2, 0.25) is 0 Å². The molecular weight excluding hydrogens is 362 g/mol. The first-order valence-electron chi connectivity index (χ1n) is 10.00. The van der Waals surface area contributed by atoms with Crippen molar-refractivity contribution in [2.45, 2.75) is 19.0 Å². The van der Waals surface area contributed by atoms with Crippen LogP contribution in [0.3, 0.4) is 0 Å². The van der Waals surface area contributed by atoms with Crippen molar-refractivity contribution < 1.29 is 9.53 Å². The van der Waals surface area contributed by atoms with Crippen molar-refractivity contribution in [2.24, 2.45) is 7.05 Å². The van der Waals surface area contributed by atoms with Crippen LogP contribution in [-0.4, -0.2) is 35.6 Å². The number of ether oxygens (including phenoxy) is 1. The molecule has 1 aliphatic rings. The molecule has 3 aromatic rings. The molecule has 4 rings (SSSR count). The maximum atomic E-state index is 12.7. The Morgan fingerprint density at radius 1 is 1.07 bits per heavy atom. The van der Waals surface area contributed by atoms with E-state index in [9.17, 15) is 4.79 Å². The van der Waals surface area contributed by atoms with Crippen LogP contribution in [0.2, 0.25) is 0 Å². The molecule has 5 heteroatoms. The van der Waals surface area contributed by atoms with E-state index in [0.717, 1.165) is 25.3 Å². The fourth-order valence-electron chi connectivity index (χ4n) is 4.06. The van der Waals surface area contributed by atoms with Crippen molar-refractivity contribution in [1.29, 1.82) is 0 Å². The third-order valence-electron chi connectivity index (χ3n) is 5.73. The average molecular weight is 389 g/mol. The van der Waals surface area contributed by atoms with Gasteiger partial charge in [0.1, 0.15) is 5.75 Å². The third-order valence-corrected chi connectivity index (χ3v) is 5.73. The number of hydrogen-bond acceptors (Lipinski definition) is 3. The van der Waals surface area contributed by atoms with E-state index in [4.69, 9.17) is 4.74 Å². The van der Waals surface area contributed by atoms with Crippen LogP contribution in [0.5, 0.6) is 5.75 Å². The number of aromatic nitrogens is 1. The normalized spacial score (nSPS) is 14.8. The Kier molecular flexibility index (Phi) is 5.67. The number of nitrogens with zero attached hydrogens (tertiary/aromatic N) is 2. The van der Waals surface area contributed by atoms with Crippen LogP contribution in [0.1, 0.15) is 33.2 Å². The van der Waals surface area contributed by atoms with Crippen LogP contribution in [-0.2, 0) is 20.0 Å². The number of nitrogens with one attached hydrogen (secondary N) is 1. The topological polar surface area (TPSA) is 46.5 Å². The molecule has 1 N–H and O–H groups in total. The molecule has 1 aromatic heterocycles. The largest absolute Gasteiger partial charge is 0.497 e. The van der Waals surface area contributed by atoms with Gasteiger partial charge in [-0.1, -0.05) is 24.3 Å². The molecule has 5 nitrogen and oxygen atoms in total. The zero-order valence-corrected chi connectivity index (χ0v) is 17.0. The zero-order chi connectivity index (χ0) is 20.2. The van der Waals surface area contributed by atoms with Gasteiger partial charge in [-0.15, -0.1) is 0 Å². The van der Waals surface area contributed by atoms with Gasteiger partial charge < -0.3 is 14.6 Å². The molecule has 0 radical (unpaired) electrons. The van der Waals surface area contributed by atoms with E-state index < -0.39 is 0 Å². The van der Waals surface area contributed by atoms with Gasteiger partial charge in [0.25, 0.3) is 5.91 Å². The van der Waals surface area contributed by atoms with Crippen LogP contribution in [0.4, 0.5) is 0 Å². The molecule has 2 aromatic carbocycles. The molecule has 150 valence electrons. The smallest absolute Gasteiger partial charge is 0.251 e. The first-order chi connectivity index (χ1) is 14.2. The van der Waals surface area contributed by atoms with E-state index in [-0.39, 0.29) is 11.9 Å². The second kappa shape index (κ2) is 8.53. The highest BCUT2D eigenvalue weighted by molar-refractivity contribution is 5.94. The fraction of sp³-hybridized carbons (Fsp3) is 0.292. The van der Waals surface area contributed by atoms with Crippen LogP contribution in [0.25, 0.3) is 0 Å². The van der Waals surface area contributed by atoms with Gasteiger partial charge in [-0.25, -0.2) is 0 Å². The lowest BCUT2D eigenvalue weighted by atomic mass is 9.97. The Hall–Kier alpha value is -3.05. The van der Waals surface area contributed by atoms with E-state index >= 15 is 0 Å². The van der Waals surface area contributed by atoms with Crippen molar-refractivity contribution in [2.75, 3.05) is 20.2 Å². The molecule has 0 aliphatic carbocycles. The Morgan fingerprint density at radius 3 is 2.52 bits per heavy atom. The number of carbonyl (C=O) groups excluding carboxylic acids is 1. The van der Waals surface area contributed by atoms with Gasteiger partial charge in [-0.05, 0) is 53.9 Å². The molecule has 2 heterocycles. The van der Waals surface area contributed by atoms with Crippen LogP contribution < -0.4 is 10.1 Å². The number of benzene rings is 2. The summed E-state index contributed by atoms with van der Waals surface area (Å²) >= 11 is 0. The predicted molar refractivity (Wildman–Crippen MR) is 114 cm³/mol. The number of fused-ring (bicyclic) bond motifs is 1. The summed E-state index contributed by atoms with van der Waals surface area (Å²) in [7, 11) is 3.68. The van der Waals surface area contributed by atoms with E-state index in [1.165, 1.54) is 16.8 Å². The molecule has 1 atom stereocenters. The lowest BCUT2D eigenvalue weighted by Crippen LogP contribution is -2.41. The summed E-state index contributed by atoms with van der Waals surface area (Å²) in [6.45, 7) is 2.43. The minimum absolute atomic E-state index is 0.0655.